The molecule has 8 nitrogen and oxygen atoms in total. The summed E-state index contributed by atoms with van der Waals surface area (Å²) >= 11 is 0. The third kappa shape index (κ3) is 4.91. The molecule has 2 amide bonds. The molecule has 1 aliphatic heterocycles. The van der Waals surface area contributed by atoms with E-state index in [1.54, 1.807) is 19.1 Å². The van der Waals surface area contributed by atoms with Crippen molar-refractivity contribution in [2.45, 2.75) is 20.3 Å². The Kier molecular flexibility index (Phi) is 6.64. The van der Waals surface area contributed by atoms with Crippen LogP contribution in [0.1, 0.15) is 35.0 Å². The molecule has 0 spiro atoms. The van der Waals surface area contributed by atoms with E-state index < -0.39 is 15.9 Å². The molecule has 0 fully saturated rings. The lowest BCUT2D eigenvalue weighted by Gasteiger charge is -2.23. The number of nitrogens with one attached hydrogen (secondary N) is 2. The molecule has 182 valence electrons. The van der Waals surface area contributed by atoms with Crippen LogP contribution in [0.5, 0.6) is 0 Å². The number of anilines is 1. The number of fused-ring (bicyclic) bond motifs is 1. The van der Waals surface area contributed by atoms with E-state index in [9.17, 15) is 18.0 Å². The van der Waals surface area contributed by atoms with E-state index in [-0.39, 0.29) is 5.91 Å². The molecule has 1 aromatic heterocycles. The topological polar surface area (TPSA) is 125 Å². The van der Waals surface area contributed by atoms with Crippen molar-refractivity contribution < 1.29 is 18.0 Å². The second kappa shape index (κ2) is 9.52. The second-order valence-corrected chi connectivity index (χ2v) is 10.5. The lowest BCUT2D eigenvalue weighted by Crippen LogP contribution is -2.33. The number of H-pyrrole nitrogens is 1. The van der Waals surface area contributed by atoms with E-state index in [1.807, 2.05) is 43.3 Å². The standard InChI is InChI=1S/C26H28N4O4S/c1-4-6-24(31)28-22-8-5-7-18(16(22)2)19-9-10-20(26(27)32)25-21(19)15-23(29-25)17-11-13-30(14-12-17)35(3,33)34/h4-11,15,29H,12-14H2,1-3H3,(H2,27,32)(H,28,31)/b6-4+. The van der Waals surface area contributed by atoms with Gasteiger partial charge in [-0.25, -0.2) is 8.42 Å². The van der Waals surface area contributed by atoms with Crippen LogP contribution in [0.25, 0.3) is 27.6 Å². The van der Waals surface area contributed by atoms with Gasteiger partial charge in [-0.15, -0.1) is 0 Å². The van der Waals surface area contributed by atoms with Crippen LogP contribution >= 0.6 is 0 Å². The van der Waals surface area contributed by atoms with Crippen LogP contribution in [-0.2, 0) is 14.8 Å². The predicted octanol–water partition coefficient (Wildman–Crippen LogP) is 3.81. The van der Waals surface area contributed by atoms with Crippen LogP contribution in [0, 0.1) is 6.92 Å². The van der Waals surface area contributed by atoms with Gasteiger partial charge in [0.1, 0.15) is 0 Å². The summed E-state index contributed by atoms with van der Waals surface area (Å²) in [5.41, 5.74) is 11.8. The number of aromatic nitrogens is 1. The number of primary amides is 1. The minimum absolute atomic E-state index is 0.210. The largest absolute Gasteiger partial charge is 0.366 e. The van der Waals surface area contributed by atoms with Crippen LogP contribution in [0.3, 0.4) is 0 Å². The summed E-state index contributed by atoms with van der Waals surface area (Å²) in [5.74, 6) is -0.752. The summed E-state index contributed by atoms with van der Waals surface area (Å²) in [6.45, 7) is 4.41. The maximum Gasteiger partial charge on any atom is 0.250 e. The zero-order valence-corrected chi connectivity index (χ0v) is 20.7. The van der Waals surface area contributed by atoms with Crippen molar-refractivity contribution in [2.75, 3.05) is 24.7 Å². The number of amides is 2. The number of carbonyl (C=O) groups excluding carboxylic acids is 2. The van der Waals surface area contributed by atoms with Gasteiger partial charge < -0.3 is 16.0 Å². The van der Waals surface area contributed by atoms with Crippen molar-refractivity contribution in [3.63, 3.8) is 0 Å². The van der Waals surface area contributed by atoms with Gasteiger partial charge in [-0.2, -0.15) is 4.31 Å². The molecule has 0 saturated carbocycles. The molecule has 35 heavy (non-hydrogen) atoms. The number of nitrogens with two attached hydrogens (primary N) is 1. The molecule has 2 heterocycles. The van der Waals surface area contributed by atoms with Crippen molar-refractivity contribution in [3.05, 3.63) is 71.4 Å². The Morgan fingerprint density at radius 2 is 1.94 bits per heavy atom. The highest BCUT2D eigenvalue weighted by Crippen LogP contribution is 2.37. The van der Waals surface area contributed by atoms with Gasteiger partial charge >= 0.3 is 0 Å². The van der Waals surface area contributed by atoms with E-state index in [0.29, 0.717) is 36.3 Å². The Morgan fingerprint density at radius 1 is 1.17 bits per heavy atom. The second-order valence-electron chi connectivity index (χ2n) is 8.56. The fraction of sp³-hybridized carbons (Fsp3) is 0.231. The van der Waals surface area contributed by atoms with Gasteiger partial charge in [-0.3, -0.25) is 9.59 Å². The van der Waals surface area contributed by atoms with Gasteiger partial charge in [0.15, 0.2) is 0 Å². The molecule has 9 heteroatoms. The van der Waals surface area contributed by atoms with E-state index in [1.165, 1.54) is 16.6 Å². The zero-order valence-electron chi connectivity index (χ0n) is 19.9. The quantitative estimate of drug-likeness (QED) is 0.453. The Labute approximate surface area is 204 Å². The van der Waals surface area contributed by atoms with Gasteiger partial charge in [0.25, 0.3) is 5.91 Å². The molecule has 0 unspecified atom stereocenters. The number of rotatable bonds is 6. The number of aromatic amines is 1. The minimum Gasteiger partial charge on any atom is -0.366 e. The maximum absolute atomic E-state index is 12.2. The van der Waals surface area contributed by atoms with Crippen molar-refractivity contribution in [1.82, 2.24) is 9.29 Å². The number of nitrogens with zero attached hydrogens (tertiary/aromatic N) is 1. The Morgan fingerprint density at radius 3 is 2.57 bits per heavy atom. The molecular weight excluding hydrogens is 464 g/mol. The van der Waals surface area contributed by atoms with Crippen molar-refractivity contribution in [3.8, 4) is 11.1 Å². The monoisotopic (exact) mass is 492 g/mol. The van der Waals surface area contributed by atoms with Crippen LogP contribution in [-0.4, -0.2) is 48.9 Å². The van der Waals surface area contributed by atoms with Gasteiger partial charge in [-0.05, 0) is 66.8 Å². The molecule has 4 N–H and O–H groups in total. The first-order valence-electron chi connectivity index (χ1n) is 11.2. The van der Waals surface area contributed by atoms with E-state index in [0.717, 1.165) is 33.3 Å². The summed E-state index contributed by atoms with van der Waals surface area (Å²) in [7, 11) is -3.25. The van der Waals surface area contributed by atoms with Crippen LogP contribution < -0.4 is 11.1 Å². The third-order valence-electron chi connectivity index (χ3n) is 6.25. The molecule has 0 atom stereocenters. The number of benzene rings is 2. The van der Waals surface area contributed by atoms with Crippen molar-refractivity contribution in [2.24, 2.45) is 5.73 Å². The summed E-state index contributed by atoms with van der Waals surface area (Å²) < 4.78 is 25.2. The highest BCUT2D eigenvalue weighted by Gasteiger charge is 2.22. The van der Waals surface area contributed by atoms with E-state index >= 15 is 0 Å². The molecular formula is C26H28N4O4S. The van der Waals surface area contributed by atoms with Crippen LogP contribution in [0.2, 0.25) is 0 Å². The number of sulfonamides is 1. The normalized spacial score (nSPS) is 14.9. The average Bonchev–Trinajstić information content (AvgIpc) is 3.25. The van der Waals surface area contributed by atoms with Crippen LogP contribution in [0.4, 0.5) is 5.69 Å². The SMILES string of the molecule is C/C=C/C(=O)Nc1cccc(-c2ccc(C(N)=O)c3[nH]c(C4=CCN(S(C)(=O)=O)CC4)cc23)c1C. The van der Waals surface area contributed by atoms with Gasteiger partial charge in [0, 0.05) is 29.9 Å². The fourth-order valence-electron chi connectivity index (χ4n) is 4.42. The summed E-state index contributed by atoms with van der Waals surface area (Å²) in [6, 6.07) is 11.2. The number of allylic oxidation sites excluding steroid dienone is 1. The van der Waals surface area contributed by atoms with E-state index in [4.69, 9.17) is 5.73 Å². The molecule has 0 bridgehead atoms. The lowest BCUT2D eigenvalue weighted by molar-refractivity contribution is -0.111. The molecule has 4 rings (SSSR count). The zero-order chi connectivity index (χ0) is 25.3. The molecule has 2 aromatic carbocycles. The number of carbonyl (C=O) groups is 2. The van der Waals surface area contributed by atoms with E-state index in [2.05, 4.69) is 10.3 Å². The third-order valence-corrected chi connectivity index (χ3v) is 7.52. The molecule has 0 radical (unpaired) electrons. The Hall–Kier alpha value is -3.69. The van der Waals surface area contributed by atoms with Crippen molar-refractivity contribution >= 4 is 44.0 Å². The molecule has 0 saturated heterocycles. The summed E-state index contributed by atoms with van der Waals surface area (Å²) in [6.07, 6.45) is 6.79. The average molecular weight is 493 g/mol. The number of hydrogen-bond acceptors (Lipinski definition) is 4. The highest BCUT2D eigenvalue weighted by molar-refractivity contribution is 7.88. The first-order chi connectivity index (χ1) is 16.6. The van der Waals surface area contributed by atoms with Gasteiger partial charge in [-0.1, -0.05) is 30.4 Å². The Balaban J connectivity index is 1.82. The maximum atomic E-state index is 12.2. The first kappa shape index (κ1) is 24.4. The number of hydrogen-bond donors (Lipinski definition) is 3. The minimum atomic E-state index is -3.25. The van der Waals surface area contributed by atoms with Gasteiger partial charge in [0.2, 0.25) is 15.9 Å². The summed E-state index contributed by atoms with van der Waals surface area (Å²) in [4.78, 5) is 27.6. The first-order valence-corrected chi connectivity index (χ1v) is 13.1. The molecule has 0 aliphatic carbocycles. The van der Waals surface area contributed by atoms with Gasteiger partial charge in [0.05, 0.1) is 17.3 Å². The molecule has 1 aliphatic rings. The van der Waals surface area contributed by atoms with Crippen molar-refractivity contribution in [1.29, 1.82) is 0 Å². The fourth-order valence-corrected chi connectivity index (χ4v) is 5.19. The smallest absolute Gasteiger partial charge is 0.250 e. The molecule has 3 aromatic rings. The highest BCUT2D eigenvalue weighted by atomic mass is 32.2. The lowest BCUT2D eigenvalue weighted by atomic mass is 9.94. The Bertz CT molecular complexity index is 1500. The summed E-state index contributed by atoms with van der Waals surface area (Å²) in [5, 5.41) is 3.72. The van der Waals surface area contributed by atoms with Crippen LogP contribution in [0.15, 0.2) is 54.6 Å². The predicted molar refractivity (Wildman–Crippen MR) is 139 cm³/mol.